The summed E-state index contributed by atoms with van der Waals surface area (Å²) in [5, 5.41) is 0. The van der Waals surface area contributed by atoms with Gasteiger partial charge in [0.2, 0.25) is 5.91 Å². The Hall–Kier alpha value is -1.06. The van der Waals surface area contributed by atoms with Crippen molar-refractivity contribution in [1.82, 2.24) is 4.90 Å². The van der Waals surface area contributed by atoms with E-state index in [4.69, 9.17) is 4.74 Å². The van der Waals surface area contributed by atoms with Gasteiger partial charge in [-0.3, -0.25) is 4.79 Å². The lowest BCUT2D eigenvalue weighted by Crippen LogP contribution is -2.61. The number of amides is 2. The SMILES string of the molecule is CC(C)(C)OC(=O)N1C(=O)[C@@H]2CCC[C@H]21. The molecule has 0 spiro atoms. The van der Waals surface area contributed by atoms with Crippen LogP contribution in [0.25, 0.3) is 0 Å². The van der Waals surface area contributed by atoms with Crippen molar-refractivity contribution in [3.05, 3.63) is 0 Å². The van der Waals surface area contributed by atoms with Crippen molar-refractivity contribution in [1.29, 1.82) is 0 Å². The lowest BCUT2D eigenvalue weighted by Gasteiger charge is -2.41. The van der Waals surface area contributed by atoms with Crippen molar-refractivity contribution in [2.24, 2.45) is 5.92 Å². The van der Waals surface area contributed by atoms with Crippen molar-refractivity contribution in [3.8, 4) is 0 Å². The fraction of sp³-hybridized carbons (Fsp3) is 0.818. The number of hydrogen-bond acceptors (Lipinski definition) is 3. The molecule has 1 aliphatic carbocycles. The fourth-order valence-electron chi connectivity index (χ4n) is 2.33. The topological polar surface area (TPSA) is 46.6 Å². The Labute approximate surface area is 89.6 Å². The van der Waals surface area contributed by atoms with E-state index in [1.807, 2.05) is 0 Å². The predicted molar refractivity (Wildman–Crippen MR) is 54.2 cm³/mol. The number of ether oxygens (including phenoxy) is 1. The summed E-state index contributed by atoms with van der Waals surface area (Å²) in [6, 6.07) is 0.118. The van der Waals surface area contributed by atoms with Crippen molar-refractivity contribution < 1.29 is 14.3 Å². The first kappa shape index (κ1) is 10.5. The minimum atomic E-state index is -0.527. The number of β-lactam (4-membered cyclic amide) rings is 1. The quantitative estimate of drug-likeness (QED) is 0.575. The summed E-state index contributed by atoms with van der Waals surface area (Å²) < 4.78 is 5.19. The number of imide groups is 1. The van der Waals surface area contributed by atoms with Crippen LogP contribution >= 0.6 is 0 Å². The van der Waals surface area contributed by atoms with Crippen LogP contribution in [0.3, 0.4) is 0 Å². The van der Waals surface area contributed by atoms with Gasteiger partial charge >= 0.3 is 6.09 Å². The zero-order valence-electron chi connectivity index (χ0n) is 9.45. The minimum absolute atomic E-state index is 0.0493. The second-order valence-electron chi connectivity index (χ2n) is 5.29. The molecule has 2 amide bonds. The van der Waals surface area contributed by atoms with Gasteiger partial charge in [0.25, 0.3) is 0 Å². The van der Waals surface area contributed by atoms with E-state index in [1.165, 1.54) is 4.90 Å². The Kier molecular flexibility index (Phi) is 2.24. The molecule has 2 rings (SSSR count). The van der Waals surface area contributed by atoms with E-state index in [2.05, 4.69) is 0 Å². The van der Waals surface area contributed by atoms with Crippen LogP contribution in [0.15, 0.2) is 0 Å². The number of nitrogens with zero attached hydrogens (tertiary/aromatic N) is 1. The van der Waals surface area contributed by atoms with E-state index >= 15 is 0 Å². The molecule has 1 saturated heterocycles. The molecule has 1 heterocycles. The van der Waals surface area contributed by atoms with Gasteiger partial charge in [-0.1, -0.05) is 6.42 Å². The van der Waals surface area contributed by atoms with Gasteiger partial charge < -0.3 is 4.74 Å². The van der Waals surface area contributed by atoms with Crippen molar-refractivity contribution in [2.75, 3.05) is 0 Å². The van der Waals surface area contributed by atoms with E-state index in [-0.39, 0.29) is 17.9 Å². The van der Waals surface area contributed by atoms with E-state index in [0.29, 0.717) is 0 Å². The maximum absolute atomic E-state index is 11.7. The summed E-state index contributed by atoms with van der Waals surface area (Å²) >= 11 is 0. The average molecular weight is 211 g/mol. The molecular formula is C11H17NO3. The van der Waals surface area contributed by atoms with Gasteiger partial charge in [0, 0.05) is 0 Å². The Morgan fingerprint density at radius 2 is 2.07 bits per heavy atom. The summed E-state index contributed by atoms with van der Waals surface area (Å²) in [6.07, 6.45) is 2.44. The van der Waals surface area contributed by atoms with Gasteiger partial charge in [-0.2, -0.15) is 0 Å². The van der Waals surface area contributed by atoms with Crippen LogP contribution in [0.1, 0.15) is 40.0 Å². The van der Waals surface area contributed by atoms with Crippen LogP contribution in [0.4, 0.5) is 4.79 Å². The monoisotopic (exact) mass is 211 g/mol. The summed E-state index contributed by atoms with van der Waals surface area (Å²) in [7, 11) is 0. The highest BCUT2D eigenvalue weighted by Gasteiger charge is 2.53. The van der Waals surface area contributed by atoms with Crippen LogP contribution in [-0.4, -0.2) is 28.5 Å². The molecule has 1 saturated carbocycles. The standard InChI is InChI=1S/C11H17NO3/c1-11(2,3)15-10(14)12-8-6-4-5-7(8)9(12)13/h7-8H,4-6H2,1-3H3/t7-,8-/m1/s1. The summed E-state index contributed by atoms with van der Waals surface area (Å²) in [6.45, 7) is 5.42. The van der Waals surface area contributed by atoms with Crippen LogP contribution in [0.5, 0.6) is 0 Å². The van der Waals surface area contributed by atoms with Gasteiger partial charge in [0.1, 0.15) is 5.60 Å². The van der Waals surface area contributed by atoms with Gasteiger partial charge in [-0.25, -0.2) is 9.69 Å². The molecule has 2 atom stereocenters. The minimum Gasteiger partial charge on any atom is -0.443 e. The molecule has 0 N–H and O–H groups in total. The fourth-order valence-corrected chi connectivity index (χ4v) is 2.33. The molecule has 84 valence electrons. The lowest BCUT2D eigenvalue weighted by molar-refractivity contribution is -0.151. The molecule has 0 bridgehead atoms. The molecule has 0 aromatic carbocycles. The molecule has 0 unspecified atom stereocenters. The van der Waals surface area contributed by atoms with Gasteiger partial charge in [-0.15, -0.1) is 0 Å². The van der Waals surface area contributed by atoms with Crippen molar-refractivity contribution >= 4 is 12.0 Å². The average Bonchev–Trinajstić information content (AvgIpc) is 2.44. The highest BCUT2D eigenvalue weighted by atomic mass is 16.6. The highest BCUT2D eigenvalue weighted by molar-refractivity contribution is 5.99. The van der Waals surface area contributed by atoms with Crippen LogP contribution in [-0.2, 0) is 9.53 Å². The molecule has 0 aromatic heterocycles. The molecule has 2 aliphatic rings. The van der Waals surface area contributed by atoms with Crippen LogP contribution in [0.2, 0.25) is 0 Å². The Balaban J connectivity index is 2.00. The first-order valence-corrected chi connectivity index (χ1v) is 5.46. The number of rotatable bonds is 0. The molecule has 15 heavy (non-hydrogen) atoms. The smallest absolute Gasteiger partial charge is 0.417 e. The first-order chi connectivity index (χ1) is 6.90. The van der Waals surface area contributed by atoms with Gasteiger partial charge in [-0.05, 0) is 33.6 Å². The Morgan fingerprint density at radius 1 is 1.40 bits per heavy atom. The van der Waals surface area contributed by atoms with Crippen LogP contribution < -0.4 is 0 Å². The molecule has 0 aromatic rings. The van der Waals surface area contributed by atoms with Crippen molar-refractivity contribution in [3.63, 3.8) is 0 Å². The lowest BCUT2D eigenvalue weighted by atomic mass is 9.91. The van der Waals surface area contributed by atoms with E-state index in [1.54, 1.807) is 20.8 Å². The van der Waals surface area contributed by atoms with Crippen LogP contribution in [0, 0.1) is 5.92 Å². The number of carbonyl (C=O) groups is 2. The number of hydrogen-bond donors (Lipinski definition) is 0. The number of fused-ring (bicyclic) bond motifs is 1. The second kappa shape index (κ2) is 3.22. The maximum Gasteiger partial charge on any atom is 0.417 e. The third-order valence-electron chi connectivity index (χ3n) is 2.96. The maximum atomic E-state index is 11.7. The van der Waals surface area contributed by atoms with Crippen molar-refractivity contribution in [2.45, 2.75) is 51.7 Å². The molecule has 4 nitrogen and oxygen atoms in total. The highest BCUT2D eigenvalue weighted by Crippen LogP contribution is 2.40. The van der Waals surface area contributed by atoms with Gasteiger partial charge in [0.05, 0.1) is 12.0 Å². The molecule has 1 aliphatic heterocycles. The van der Waals surface area contributed by atoms with E-state index in [9.17, 15) is 9.59 Å². The third-order valence-corrected chi connectivity index (χ3v) is 2.96. The predicted octanol–water partition coefficient (Wildman–Crippen LogP) is 1.93. The molecule has 2 fully saturated rings. The largest absolute Gasteiger partial charge is 0.443 e. The summed E-state index contributed by atoms with van der Waals surface area (Å²) in [5.74, 6) is 0.0456. The van der Waals surface area contributed by atoms with E-state index < -0.39 is 11.7 Å². The van der Waals surface area contributed by atoms with Gasteiger partial charge in [0.15, 0.2) is 0 Å². The second-order valence-corrected chi connectivity index (χ2v) is 5.29. The Bertz CT molecular complexity index is 305. The summed E-state index contributed by atoms with van der Waals surface area (Å²) in [4.78, 5) is 24.6. The molecule has 0 radical (unpaired) electrons. The Morgan fingerprint density at radius 3 is 2.67 bits per heavy atom. The molecular weight excluding hydrogens is 194 g/mol. The number of likely N-dealkylation sites (tertiary alicyclic amines) is 1. The normalized spacial score (nSPS) is 29.8. The number of carbonyl (C=O) groups excluding carboxylic acids is 2. The third kappa shape index (κ3) is 1.73. The zero-order chi connectivity index (χ0) is 11.2. The zero-order valence-corrected chi connectivity index (χ0v) is 9.45. The summed E-state index contributed by atoms with van der Waals surface area (Å²) in [5.41, 5.74) is -0.527. The van der Waals surface area contributed by atoms with E-state index in [0.717, 1.165) is 19.3 Å². The molecule has 4 heteroatoms. The first-order valence-electron chi connectivity index (χ1n) is 5.46.